The van der Waals surface area contributed by atoms with Crippen LogP contribution in [0.1, 0.15) is 16.8 Å². The highest BCUT2D eigenvalue weighted by Crippen LogP contribution is 2.19. The van der Waals surface area contributed by atoms with Crippen molar-refractivity contribution in [3.63, 3.8) is 0 Å². The van der Waals surface area contributed by atoms with Gasteiger partial charge in [-0.25, -0.2) is 4.39 Å². The largest absolute Gasteiger partial charge is 0.494 e. The summed E-state index contributed by atoms with van der Waals surface area (Å²) in [6.07, 6.45) is 0.953. The van der Waals surface area contributed by atoms with Crippen molar-refractivity contribution < 1.29 is 13.9 Å². The van der Waals surface area contributed by atoms with E-state index in [9.17, 15) is 9.18 Å². The first-order chi connectivity index (χ1) is 11.5. The summed E-state index contributed by atoms with van der Waals surface area (Å²) in [6, 6.07) is 11.3. The molecule has 6 heteroatoms. The lowest BCUT2D eigenvalue weighted by Crippen LogP contribution is -2.15. The topological polar surface area (TPSA) is 41.6 Å². The zero-order chi connectivity index (χ0) is 17.5. The number of halogens is 2. The fraction of sp³-hybridized carbons (Fsp3) is 0.278. The number of rotatable bonds is 7. The fourth-order valence-electron chi connectivity index (χ4n) is 2.08. The highest BCUT2D eigenvalue weighted by Gasteiger charge is 2.11. The molecular weight excluding hydrogens is 422 g/mol. The molecule has 0 aromatic heterocycles. The van der Waals surface area contributed by atoms with Gasteiger partial charge in [0.15, 0.2) is 0 Å². The molecule has 0 saturated carbocycles. The lowest BCUT2D eigenvalue weighted by atomic mass is 10.2. The Labute approximate surface area is 155 Å². The zero-order valence-electron chi connectivity index (χ0n) is 13.7. The predicted molar refractivity (Wildman–Crippen MR) is 102 cm³/mol. The van der Waals surface area contributed by atoms with Gasteiger partial charge in [-0.05, 0) is 85.6 Å². The van der Waals surface area contributed by atoms with Crippen LogP contribution in [0.15, 0.2) is 42.5 Å². The average molecular weight is 442 g/mol. The van der Waals surface area contributed by atoms with Crippen molar-refractivity contribution in [2.45, 2.75) is 6.42 Å². The molecule has 1 amide bonds. The minimum atomic E-state index is -0.355. The number of ether oxygens (including phenoxy) is 1. The molecule has 4 nitrogen and oxygen atoms in total. The van der Waals surface area contributed by atoms with Crippen molar-refractivity contribution in [1.82, 2.24) is 4.90 Å². The van der Waals surface area contributed by atoms with Gasteiger partial charge < -0.3 is 15.0 Å². The van der Waals surface area contributed by atoms with Gasteiger partial charge in [-0.15, -0.1) is 0 Å². The van der Waals surface area contributed by atoms with Gasteiger partial charge >= 0.3 is 0 Å². The fourth-order valence-corrected chi connectivity index (χ4v) is 2.80. The van der Waals surface area contributed by atoms with E-state index < -0.39 is 0 Å². The number of carbonyl (C=O) groups is 1. The first kappa shape index (κ1) is 18.7. The monoisotopic (exact) mass is 442 g/mol. The standard InChI is InChI=1S/C18H20FIN2O2/c1-22(2)10-3-11-24-15-7-5-14(6-8-15)21-18(23)16-9-4-13(19)12-17(16)20/h4-9,12H,3,10-11H2,1-2H3,(H,21,23). The van der Waals surface area contributed by atoms with E-state index >= 15 is 0 Å². The van der Waals surface area contributed by atoms with Gasteiger partial charge in [-0.2, -0.15) is 0 Å². The summed E-state index contributed by atoms with van der Waals surface area (Å²) in [7, 11) is 4.06. The molecule has 0 atom stereocenters. The maximum Gasteiger partial charge on any atom is 0.256 e. The molecule has 2 aromatic rings. The molecule has 0 unspecified atom stereocenters. The van der Waals surface area contributed by atoms with E-state index in [0.29, 0.717) is 21.4 Å². The van der Waals surface area contributed by atoms with Gasteiger partial charge in [0.05, 0.1) is 12.2 Å². The van der Waals surface area contributed by atoms with E-state index in [4.69, 9.17) is 4.74 Å². The molecule has 0 heterocycles. The molecule has 2 aromatic carbocycles. The highest BCUT2D eigenvalue weighted by molar-refractivity contribution is 14.1. The van der Waals surface area contributed by atoms with Gasteiger partial charge in [-0.3, -0.25) is 4.79 Å². The minimum Gasteiger partial charge on any atom is -0.494 e. The second kappa shape index (κ2) is 8.98. The Bertz CT molecular complexity index is 690. The van der Waals surface area contributed by atoms with E-state index in [1.807, 2.05) is 48.8 Å². The Balaban J connectivity index is 1.90. The van der Waals surface area contributed by atoms with Crippen LogP contribution in [-0.4, -0.2) is 38.1 Å². The summed E-state index contributed by atoms with van der Waals surface area (Å²) in [5, 5.41) is 2.80. The molecule has 0 spiro atoms. The molecule has 0 bridgehead atoms. The van der Waals surface area contributed by atoms with E-state index in [0.717, 1.165) is 18.7 Å². The van der Waals surface area contributed by atoms with Crippen molar-refractivity contribution >= 4 is 34.2 Å². The van der Waals surface area contributed by atoms with E-state index in [-0.39, 0.29) is 11.7 Å². The van der Waals surface area contributed by atoms with Crippen LogP contribution >= 0.6 is 22.6 Å². The number of nitrogens with one attached hydrogen (secondary N) is 1. The van der Waals surface area contributed by atoms with Gasteiger partial charge in [0.25, 0.3) is 5.91 Å². The van der Waals surface area contributed by atoms with Gasteiger partial charge in [0.1, 0.15) is 11.6 Å². The quantitative estimate of drug-likeness (QED) is 0.521. The molecule has 0 fully saturated rings. The number of nitrogens with zero attached hydrogens (tertiary/aromatic N) is 1. The van der Waals surface area contributed by atoms with Crippen LogP contribution in [-0.2, 0) is 0 Å². The van der Waals surface area contributed by atoms with Crippen LogP contribution in [0.2, 0.25) is 0 Å². The molecule has 0 saturated heterocycles. The molecule has 1 N–H and O–H groups in total. The number of anilines is 1. The molecular formula is C18H20FIN2O2. The Morgan fingerprint density at radius 3 is 2.54 bits per heavy atom. The first-order valence-electron chi connectivity index (χ1n) is 7.59. The van der Waals surface area contributed by atoms with Crippen LogP contribution in [0.3, 0.4) is 0 Å². The first-order valence-corrected chi connectivity index (χ1v) is 8.67. The molecule has 128 valence electrons. The lowest BCUT2D eigenvalue weighted by Gasteiger charge is -2.11. The molecule has 0 aliphatic carbocycles. The molecule has 0 aliphatic heterocycles. The molecule has 0 radical (unpaired) electrons. The number of hydrogen-bond donors (Lipinski definition) is 1. The summed E-state index contributed by atoms with van der Waals surface area (Å²) in [5.41, 5.74) is 1.11. The summed E-state index contributed by atoms with van der Waals surface area (Å²) < 4.78 is 19.3. The lowest BCUT2D eigenvalue weighted by molar-refractivity contribution is 0.102. The van der Waals surface area contributed by atoms with E-state index in [1.54, 1.807) is 12.1 Å². The third-order valence-electron chi connectivity index (χ3n) is 3.31. The average Bonchev–Trinajstić information content (AvgIpc) is 2.52. The molecule has 0 aliphatic rings. The van der Waals surface area contributed by atoms with Gasteiger partial charge in [0, 0.05) is 15.8 Å². The second-order valence-electron chi connectivity index (χ2n) is 5.61. The SMILES string of the molecule is CN(C)CCCOc1ccc(NC(=O)c2ccc(F)cc2I)cc1. The maximum atomic E-state index is 13.1. The van der Waals surface area contributed by atoms with Gasteiger partial charge in [-0.1, -0.05) is 0 Å². The van der Waals surface area contributed by atoms with Crippen molar-refractivity contribution in [2.24, 2.45) is 0 Å². The minimum absolute atomic E-state index is 0.265. The summed E-state index contributed by atoms with van der Waals surface area (Å²) >= 11 is 1.95. The number of hydrogen-bond acceptors (Lipinski definition) is 3. The van der Waals surface area contributed by atoms with Crippen LogP contribution < -0.4 is 10.1 Å². The van der Waals surface area contributed by atoms with E-state index in [2.05, 4.69) is 10.2 Å². The smallest absolute Gasteiger partial charge is 0.256 e. The Morgan fingerprint density at radius 2 is 1.92 bits per heavy atom. The third kappa shape index (κ3) is 5.76. The second-order valence-corrected chi connectivity index (χ2v) is 6.77. The Hall–Kier alpha value is -1.67. The van der Waals surface area contributed by atoms with Crippen LogP contribution in [0.5, 0.6) is 5.75 Å². The van der Waals surface area contributed by atoms with Crippen molar-refractivity contribution in [3.05, 3.63) is 57.4 Å². The van der Waals surface area contributed by atoms with Crippen LogP contribution in [0.4, 0.5) is 10.1 Å². The summed E-state index contributed by atoms with van der Waals surface area (Å²) in [5.74, 6) is 0.147. The predicted octanol–water partition coefficient (Wildman–Crippen LogP) is 4.01. The Kier molecular flexibility index (Phi) is 6.99. The van der Waals surface area contributed by atoms with Gasteiger partial charge in [0.2, 0.25) is 0 Å². The summed E-state index contributed by atoms with van der Waals surface area (Å²) in [4.78, 5) is 14.3. The third-order valence-corrected chi connectivity index (χ3v) is 4.20. The zero-order valence-corrected chi connectivity index (χ0v) is 15.8. The normalized spacial score (nSPS) is 10.7. The van der Waals surface area contributed by atoms with Crippen LogP contribution in [0.25, 0.3) is 0 Å². The number of benzene rings is 2. The van der Waals surface area contributed by atoms with Crippen molar-refractivity contribution in [3.8, 4) is 5.75 Å². The Morgan fingerprint density at radius 1 is 1.21 bits per heavy atom. The summed E-state index contributed by atoms with van der Waals surface area (Å²) in [6.45, 7) is 1.63. The van der Waals surface area contributed by atoms with Crippen molar-refractivity contribution in [1.29, 1.82) is 0 Å². The maximum absolute atomic E-state index is 13.1. The molecule has 24 heavy (non-hydrogen) atoms. The molecule has 2 rings (SSSR count). The highest BCUT2D eigenvalue weighted by atomic mass is 127. The number of amides is 1. The van der Waals surface area contributed by atoms with E-state index in [1.165, 1.54) is 18.2 Å². The van der Waals surface area contributed by atoms with Crippen LogP contribution in [0, 0.1) is 9.39 Å². The van der Waals surface area contributed by atoms with Crippen molar-refractivity contribution in [2.75, 3.05) is 32.6 Å². The number of carbonyl (C=O) groups excluding carboxylic acids is 1.